The first-order valence-electron chi connectivity index (χ1n) is 4.03. The van der Waals surface area contributed by atoms with Crippen molar-refractivity contribution in [2.45, 2.75) is 32.2 Å². The van der Waals surface area contributed by atoms with Crippen molar-refractivity contribution < 1.29 is 14.7 Å². The molecule has 0 aliphatic heterocycles. The molecule has 0 aliphatic carbocycles. The molecule has 0 unspecified atom stereocenters. The van der Waals surface area contributed by atoms with Crippen molar-refractivity contribution in [3.63, 3.8) is 0 Å². The third-order valence-corrected chi connectivity index (χ3v) is 1.75. The maximum atomic E-state index is 10.8. The second-order valence-corrected chi connectivity index (χ2v) is 2.61. The Bertz CT molecular complexity index is 168. The molecule has 12 heavy (non-hydrogen) atoms. The molecule has 70 valence electrons. The van der Waals surface area contributed by atoms with E-state index in [4.69, 9.17) is 5.11 Å². The molecule has 0 rings (SSSR count). The molecule has 0 amide bonds. The fraction of sp³-hybridized carbons (Fsp3) is 0.750. The van der Waals surface area contributed by atoms with Gasteiger partial charge in [0.15, 0.2) is 0 Å². The highest BCUT2D eigenvalue weighted by Gasteiger charge is 2.15. The Morgan fingerprint density at radius 1 is 1.50 bits per heavy atom. The number of carbonyl (C=O) groups is 2. The highest BCUT2D eigenvalue weighted by atomic mass is 16.4. The van der Waals surface area contributed by atoms with Crippen LogP contribution in [-0.2, 0) is 9.59 Å². The summed E-state index contributed by atoms with van der Waals surface area (Å²) >= 11 is 0. The molecular weight excluding hydrogens is 158 g/mol. The van der Waals surface area contributed by atoms with Crippen molar-refractivity contribution in [3.05, 3.63) is 0 Å². The summed E-state index contributed by atoms with van der Waals surface area (Å²) < 4.78 is 0. The number of aliphatic carboxylic acids is 1. The van der Waals surface area contributed by atoms with Gasteiger partial charge in [0.2, 0.25) is 0 Å². The first-order chi connectivity index (χ1) is 5.61. The molecule has 0 aromatic rings. The Morgan fingerprint density at radius 3 is 2.42 bits per heavy atom. The van der Waals surface area contributed by atoms with Crippen LogP contribution in [0.15, 0.2) is 0 Å². The van der Waals surface area contributed by atoms with Gasteiger partial charge in [0, 0.05) is 12.8 Å². The Morgan fingerprint density at radius 2 is 2.08 bits per heavy atom. The smallest absolute Gasteiger partial charge is 0.320 e. The van der Waals surface area contributed by atoms with Crippen molar-refractivity contribution in [3.8, 4) is 0 Å². The van der Waals surface area contributed by atoms with Crippen molar-refractivity contribution in [1.82, 2.24) is 5.32 Å². The molecule has 0 saturated carbocycles. The quantitative estimate of drug-likeness (QED) is 0.610. The van der Waals surface area contributed by atoms with Gasteiger partial charge >= 0.3 is 5.97 Å². The molecule has 0 aromatic heterocycles. The van der Waals surface area contributed by atoms with Gasteiger partial charge in [0.1, 0.15) is 11.8 Å². The predicted molar refractivity (Wildman–Crippen MR) is 45.0 cm³/mol. The number of ketones is 1. The zero-order valence-corrected chi connectivity index (χ0v) is 7.46. The number of carbonyl (C=O) groups excluding carboxylic acids is 1. The molecule has 0 saturated heterocycles. The lowest BCUT2D eigenvalue weighted by atomic mass is 10.1. The summed E-state index contributed by atoms with van der Waals surface area (Å²) in [6, 6.07) is -0.597. The van der Waals surface area contributed by atoms with Crippen LogP contribution in [0, 0.1) is 0 Å². The summed E-state index contributed by atoms with van der Waals surface area (Å²) in [6.07, 6.45) is 1.20. The van der Waals surface area contributed by atoms with E-state index in [-0.39, 0.29) is 5.78 Å². The van der Waals surface area contributed by atoms with Crippen LogP contribution in [0.1, 0.15) is 26.2 Å². The number of hydrogen-bond acceptors (Lipinski definition) is 3. The third-order valence-electron chi connectivity index (χ3n) is 1.75. The van der Waals surface area contributed by atoms with Gasteiger partial charge in [0.05, 0.1) is 0 Å². The average molecular weight is 173 g/mol. The summed E-state index contributed by atoms with van der Waals surface area (Å²) in [7, 11) is 1.58. The van der Waals surface area contributed by atoms with E-state index in [1.165, 1.54) is 0 Å². The molecule has 1 atom stereocenters. The van der Waals surface area contributed by atoms with Gasteiger partial charge in [-0.25, -0.2) is 0 Å². The number of carboxylic acids is 1. The topological polar surface area (TPSA) is 66.4 Å². The molecular formula is C8H15NO3. The van der Waals surface area contributed by atoms with Gasteiger partial charge in [-0.1, -0.05) is 6.92 Å². The maximum Gasteiger partial charge on any atom is 0.320 e. The molecule has 0 aliphatic rings. The number of carboxylic acid groups (broad SMARTS) is 1. The van der Waals surface area contributed by atoms with Crippen LogP contribution in [0.3, 0.4) is 0 Å². The standard InChI is InChI=1S/C8H15NO3/c1-3-6(10)4-5-7(9-2)8(11)12/h7,9H,3-5H2,1-2H3,(H,11,12)/t7-/m0/s1. The van der Waals surface area contributed by atoms with Crippen LogP contribution < -0.4 is 5.32 Å². The Balaban J connectivity index is 3.73. The maximum absolute atomic E-state index is 10.8. The zero-order chi connectivity index (χ0) is 9.56. The van der Waals surface area contributed by atoms with Gasteiger partial charge in [0.25, 0.3) is 0 Å². The van der Waals surface area contributed by atoms with E-state index in [9.17, 15) is 9.59 Å². The van der Waals surface area contributed by atoms with E-state index in [0.29, 0.717) is 19.3 Å². The summed E-state index contributed by atoms with van der Waals surface area (Å²) in [6.45, 7) is 1.78. The second kappa shape index (κ2) is 5.71. The van der Waals surface area contributed by atoms with E-state index in [1.807, 2.05) is 0 Å². The van der Waals surface area contributed by atoms with Crippen LogP contribution in [0.4, 0.5) is 0 Å². The van der Waals surface area contributed by atoms with Crippen LogP contribution in [0.25, 0.3) is 0 Å². The van der Waals surface area contributed by atoms with E-state index in [1.54, 1.807) is 14.0 Å². The lowest BCUT2D eigenvalue weighted by Gasteiger charge is -2.09. The first-order valence-corrected chi connectivity index (χ1v) is 4.03. The largest absolute Gasteiger partial charge is 0.480 e. The molecule has 0 aromatic carbocycles. The predicted octanol–water partition coefficient (Wildman–Crippen LogP) is 0.418. The molecule has 2 N–H and O–H groups in total. The normalized spacial score (nSPS) is 12.5. The highest BCUT2D eigenvalue weighted by Crippen LogP contribution is 1.99. The van der Waals surface area contributed by atoms with Crippen LogP contribution >= 0.6 is 0 Å². The van der Waals surface area contributed by atoms with Crippen molar-refractivity contribution in [2.24, 2.45) is 0 Å². The third kappa shape index (κ3) is 4.08. The average Bonchev–Trinajstić information content (AvgIpc) is 2.04. The van der Waals surface area contributed by atoms with Gasteiger partial charge in [-0.15, -0.1) is 0 Å². The summed E-state index contributed by atoms with van der Waals surface area (Å²) in [5, 5.41) is 11.2. The number of Topliss-reactive ketones (excluding diaryl/α,β-unsaturated/α-hetero) is 1. The minimum absolute atomic E-state index is 0.108. The molecule has 0 radical (unpaired) electrons. The first kappa shape index (κ1) is 11.1. The molecule has 0 bridgehead atoms. The number of rotatable bonds is 6. The monoisotopic (exact) mass is 173 g/mol. The summed E-state index contributed by atoms with van der Waals surface area (Å²) in [5.74, 6) is -0.794. The van der Waals surface area contributed by atoms with Crippen molar-refractivity contribution >= 4 is 11.8 Å². The van der Waals surface area contributed by atoms with Gasteiger partial charge in [-0.2, -0.15) is 0 Å². The fourth-order valence-electron chi connectivity index (χ4n) is 0.873. The lowest BCUT2D eigenvalue weighted by molar-refractivity contribution is -0.139. The van der Waals surface area contributed by atoms with Gasteiger partial charge in [-0.05, 0) is 13.5 Å². The number of nitrogens with one attached hydrogen (secondary N) is 1. The SMILES string of the molecule is CCC(=O)CC[C@H](NC)C(=O)O. The Kier molecular flexibility index (Phi) is 5.28. The van der Waals surface area contributed by atoms with Crippen LogP contribution in [0.2, 0.25) is 0 Å². The van der Waals surface area contributed by atoms with Crippen molar-refractivity contribution in [2.75, 3.05) is 7.05 Å². The molecule has 0 fully saturated rings. The number of hydrogen-bond donors (Lipinski definition) is 2. The minimum atomic E-state index is -0.901. The zero-order valence-electron chi connectivity index (χ0n) is 7.46. The minimum Gasteiger partial charge on any atom is -0.480 e. The van der Waals surface area contributed by atoms with E-state index < -0.39 is 12.0 Å². The van der Waals surface area contributed by atoms with Crippen molar-refractivity contribution in [1.29, 1.82) is 0 Å². The number of likely N-dealkylation sites (N-methyl/N-ethyl adjacent to an activating group) is 1. The van der Waals surface area contributed by atoms with Gasteiger partial charge < -0.3 is 10.4 Å². The second-order valence-electron chi connectivity index (χ2n) is 2.61. The summed E-state index contributed by atoms with van der Waals surface area (Å²) in [5.41, 5.74) is 0. The van der Waals surface area contributed by atoms with Crippen LogP contribution in [0.5, 0.6) is 0 Å². The van der Waals surface area contributed by atoms with Gasteiger partial charge in [-0.3, -0.25) is 9.59 Å². The molecule has 0 heterocycles. The Labute approximate surface area is 72.0 Å². The summed E-state index contributed by atoms with van der Waals surface area (Å²) in [4.78, 5) is 21.3. The molecule has 0 spiro atoms. The van der Waals surface area contributed by atoms with Crippen LogP contribution in [-0.4, -0.2) is 29.9 Å². The van der Waals surface area contributed by atoms with E-state index in [0.717, 1.165) is 0 Å². The Hall–Kier alpha value is -0.900. The highest BCUT2D eigenvalue weighted by molar-refractivity contribution is 5.79. The fourth-order valence-corrected chi connectivity index (χ4v) is 0.873. The molecule has 4 nitrogen and oxygen atoms in total. The van der Waals surface area contributed by atoms with E-state index in [2.05, 4.69) is 5.32 Å². The lowest BCUT2D eigenvalue weighted by Crippen LogP contribution is -2.34. The molecule has 4 heteroatoms. The van der Waals surface area contributed by atoms with E-state index >= 15 is 0 Å².